The van der Waals surface area contributed by atoms with Gasteiger partial charge in [0.25, 0.3) is 0 Å². The number of para-hydroxylation sites is 2. The first kappa shape index (κ1) is 16.3. The molecular weight excluding hydrogens is 328 g/mol. The average Bonchev–Trinajstić information content (AvgIpc) is 2.66. The van der Waals surface area contributed by atoms with Crippen molar-refractivity contribution in [3.8, 4) is 0 Å². The van der Waals surface area contributed by atoms with Gasteiger partial charge in [0.15, 0.2) is 0 Å². The van der Waals surface area contributed by atoms with Crippen LogP contribution < -0.4 is 10.2 Å². The molecule has 0 saturated heterocycles. The number of carbonyl (C=O) groups is 1. The summed E-state index contributed by atoms with van der Waals surface area (Å²) >= 11 is 1.72. The Bertz CT molecular complexity index is 770. The number of benzene rings is 2. The maximum Gasteiger partial charge on any atom is 0.326 e. The molecule has 25 heavy (non-hydrogen) atoms. The molecule has 0 bridgehead atoms. The summed E-state index contributed by atoms with van der Waals surface area (Å²) in [6.07, 6.45) is 8.25. The van der Waals surface area contributed by atoms with E-state index in [-0.39, 0.29) is 6.03 Å². The molecule has 4 heteroatoms. The Balaban J connectivity index is 1.52. The Hall–Kier alpha value is -2.20. The molecule has 4 rings (SSSR count). The van der Waals surface area contributed by atoms with Crippen molar-refractivity contribution in [2.75, 3.05) is 11.4 Å². The first-order valence-electron chi connectivity index (χ1n) is 8.95. The van der Waals surface area contributed by atoms with Crippen LogP contribution in [0.3, 0.4) is 0 Å². The predicted octanol–water partition coefficient (Wildman–Crippen LogP) is 5.89. The molecule has 1 aliphatic carbocycles. The van der Waals surface area contributed by atoms with Gasteiger partial charge in [0.1, 0.15) is 0 Å². The molecule has 0 spiro atoms. The maximum atomic E-state index is 13.0. The molecule has 0 saturated carbocycles. The smallest absolute Gasteiger partial charge is 0.326 e. The molecule has 2 amide bonds. The minimum Gasteiger partial charge on any atom is -0.337 e. The molecule has 2 aromatic carbocycles. The van der Waals surface area contributed by atoms with Gasteiger partial charge in [-0.3, -0.25) is 4.90 Å². The predicted molar refractivity (Wildman–Crippen MR) is 104 cm³/mol. The molecular formula is C21H22N2OS. The Morgan fingerprint density at radius 3 is 2.32 bits per heavy atom. The van der Waals surface area contributed by atoms with E-state index < -0.39 is 0 Å². The van der Waals surface area contributed by atoms with Crippen LogP contribution in [0, 0.1) is 0 Å². The zero-order valence-electron chi connectivity index (χ0n) is 14.2. The van der Waals surface area contributed by atoms with Gasteiger partial charge in [-0.2, -0.15) is 0 Å². The summed E-state index contributed by atoms with van der Waals surface area (Å²) in [4.78, 5) is 17.0. The van der Waals surface area contributed by atoms with Crippen molar-refractivity contribution in [2.45, 2.75) is 41.9 Å². The fourth-order valence-electron chi connectivity index (χ4n) is 3.46. The summed E-state index contributed by atoms with van der Waals surface area (Å²) in [5.41, 5.74) is 3.41. The van der Waals surface area contributed by atoms with Gasteiger partial charge in [-0.25, -0.2) is 4.79 Å². The Morgan fingerprint density at radius 2 is 1.68 bits per heavy atom. The number of allylic oxidation sites excluding steroid dienone is 1. The van der Waals surface area contributed by atoms with Crippen molar-refractivity contribution in [1.29, 1.82) is 0 Å². The SMILES string of the molecule is O=C(NCCC1=CCCCC1)N1c2ccccc2Sc2ccccc21. The summed E-state index contributed by atoms with van der Waals surface area (Å²) in [6, 6.07) is 16.1. The lowest BCUT2D eigenvalue weighted by molar-refractivity contribution is 0.248. The Kier molecular flexibility index (Phi) is 4.79. The lowest BCUT2D eigenvalue weighted by Crippen LogP contribution is -2.38. The molecule has 1 aliphatic heterocycles. The van der Waals surface area contributed by atoms with Crippen LogP contribution in [0.2, 0.25) is 0 Å². The zero-order chi connectivity index (χ0) is 17.1. The van der Waals surface area contributed by atoms with E-state index in [1.165, 1.54) is 31.3 Å². The van der Waals surface area contributed by atoms with Crippen LogP contribution in [-0.4, -0.2) is 12.6 Å². The summed E-state index contributed by atoms with van der Waals surface area (Å²) < 4.78 is 0. The first-order chi connectivity index (χ1) is 12.3. The third-order valence-electron chi connectivity index (χ3n) is 4.74. The second-order valence-corrected chi connectivity index (χ2v) is 7.55. The van der Waals surface area contributed by atoms with Crippen molar-refractivity contribution in [2.24, 2.45) is 0 Å². The average molecular weight is 350 g/mol. The van der Waals surface area contributed by atoms with Crippen molar-refractivity contribution >= 4 is 29.2 Å². The van der Waals surface area contributed by atoms with Gasteiger partial charge in [-0.15, -0.1) is 0 Å². The van der Waals surface area contributed by atoms with E-state index in [4.69, 9.17) is 0 Å². The second-order valence-electron chi connectivity index (χ2n) is 6.46. The standard InChI is InChI=1S/C21H22N2OS/c24-21(22-15-14-16-8-2-1-3-9-16)23-17-10-4-6-12-19(17)25-20-13-7-5-11-18(20)23/h4-8,10-13H,1-3,9,14-15H2,(H,22,24). The number of carbonyl (C=O) groups excluding carboxylic acids is 1. The van der Waals surface area contributed by atoms with E-state index in [0.29, 0.717) is 6.54 Å². The molecule has 2 aromatic rings. The number of hydrogen-bond donors (Lipinski definition) is 1. The summed E-state index contributed by atoms with van der Waals surface area (Å²) in [7, 11) is 0. The molecule has 0 aromatic heterocycles. The normalized spacial score (nSPS) is 15.8. The number of anilines is 2. The third-order valence-corrected chi connectivity index (χ3v) is 5.87. The fourth-order valence-corrected chi connectivity index (χ4v) is 4.52. The molecule has 0 radical (unpaired) electrons. The Morgan fingerprint density at radius 1 is 1.00 bits per heavy atom. The van der Waals surface area contributed by atoms with Crippen LogP contribution >= 0.6 is 11.8 Å². The number of rotatable bonds is 3. The number of nitrogens with one attached hydrogen (secondary N) is 1. The molecule has 1 heterocycles. The quantitative estimate of drug-likeness (QED) is 0.700. The van der Waals surface area contributed by atoms with Gasteiger partial charge in [0.2, 0.25) is 0 Å². The van der Waals surface area contributed by atoms with Crippen molar-refractivity contribution in [3.63, 3.8) is 0 Å². The highest BCUT2D eigenvalue weighted by Gasteiger charge is 2.27. The number of urea groups is 1. The molecule has 0 unspecified atom stereocenters. The van der Waals surface area contributed by atoms with Crippen molar-refractivity contribution in [1.82, 2.24) is 5.32 Å². The van der Waals surface area contributed by atoms with Gasteiger partial charge in [-0.1, -0.05) is 47.7 Å². The monoisotopic (exact) mass is 350 g/mol. The van der Waals surface area contributed by atoms with Crippen LogP contribution in [0.25, 0.3) is 0 Å². The van der Waals surface area contributed by atoms with Gasteiger partial charge >= 0.3 is 6.03 Å². The highest BCUT2D eigenvalue weighted by atomic mass is 32.2. The van der Waals surface area contributed by atoms with E-state index in [9.17, 15) is 4.79 Å². The van der Waals surface area contributed by atoms with Crippen LogP contribution in [0.15, 0.2) is 70.0 Å². The molecule has 0 atom stereocenters. The topological polar surface area (TPSA) is 32.3 Å². The molecule has 128 valence electrons. The number of fused-ring (bicyclic) bond motifs is 2. The molecule has 2 aliphatic rings. The highest BCUT2D eigenvalue weighted by molar-refractivity contribution is 7.99. The van der Waals surface area contributed by atoms with Crippen LogP contribution in [-0.2, 0) is 0 Å². The van der Waals surface area contributed by atoms with Crippen LogP contribution in [0.4, 0.5) is 16.2 Å². The highest BCUT2D eigenvalue weighted by Crippen LogP contribution is 2.47. The van der Waals surface area contributed by atoms with E-state index in [1.54, 1.807) is 11.8 Å². The summed E-state index contributed by atoms with van der Waals surface area (Å²) in [5, 5.41) is 3.12. The number of nitrogens with zero attached hydrogens (tertiary/aromatic N) is 1. The maximum absolute atomic E-state index is 13.0. The van der Waals surface area contributed by atoms with Crippen molar-refractivity contribution < 1.29 is 4.79 Å². The van der Waals surface area contributed by atoms with Crippen LogP contribution in [0.1, 0.15) is 32.1 Å². The minimum atomic E-state index is -0.0448. The lowest BCUT2D eigenvalue weighted by atomic mass is 9.97. The molecule has 3 nitrogen and oxygen atoms in total. The van der Waals surface area contributed by atoms with Gasteiger partial charge in [0.05, 0.1) is 11.4 Å². The Labute approximate surface area is 153 Å². The number of amides is 2. The third kappa shape index (κ3) is 3.45. The molecule has 1 N–H and O–H groups in total. The van der Waals surface area contributed by atoms with Gasteiger partial charge in [0, 0.05) is 16.3 Å². The van der Waals surface area contributed by atoms with Gasteiger partial charge in [-0.05, 0) is 56.4 Å². The van der Waals surface area contributed by atoms with Gasteiger partial charge < -0.3 is 5.32 Å². The number of hydrogen-bond acceptors (Lipinski definition) is 2. The van der Waals surface area contributed by atoms with E-state index >= 15 is 0 Å². The zero-order valence-corrected chi connectivity index (χ0v) is 15.0. The van der Waals surface area contributed by atoms with E-state index in [2.05, 4.69) is 23.5 Å². The summed E-state index contributed by atoms with van der Waals surface area (Å²) in [5.74, 6) is 0. The van der Waals surface area contributed by atoms with Crippen molar-refractivity contribution in [3.05, 3.63) is 60.2 Å². The first-order valence-corrected chi connectivity index (χ1v) is 9.76. The minimum absolute atomic E-state index is 0.0448. The van der Waals surface area contributed by atoms with Crippen LogP contribution in [0.5, 0.6) is 0 Å². The van der Waals surface area contributed by atoms with E-state index in [0.717, 1.165) is 27.6 Å². The fraction of sp³-hybridized carbons (Fsp3) is 0.286. The largest absolute Gasteiger partial charge is 0.337 e. The molecule has 0 fully saturated rings. The van der Waals surface area contributed by atoms with E-state index in [1.807, 2.05) is 41.3 Å². The lowest BCUT2D eigenvalue weighted by Gasteiger charge is -2.31. The second kappa shape index (κ2) is 7.36. The summed E-state index contributed by atoms with van der Waals surface area (Å²) in [6.45, 7) is 0.693.